The van der Waals surface area contributed by atoms with E-state index >= 15 is 0 Å². The molecular weight excluding hydrogens is 250 g/mol. The Hall–Kier alpha value is -2.80. The summed E-state index contributed by atoms with van der Waals surface area (Å²) in [4.78, 5) is 11.6. The van der Waals surface area contributed by atoms with Crippen molar-refractivity contribution in [1.82, 2.24) is 5.32 Å². The largest absolute Gasteiger partial charge is 0.381 e. The predicted octanol–water partition coefficient (Wildman–Crippen LogP) is 2.53. The van der Waals surface area contributed by atoms with E-state index in [4.69, 9.17) is 5.26 Å². The van der Waals surface area contributed by atoms with Crippen molar-refractivity contribution in [2.75, 3.05) is 12.4 Å². The van der Waals surface area contributed by atoms with Crippen LogP contribution in [0.1, 0.15) is 21.5 Å². The second-order valence-corrected chi connectivity index (χ2v) is 4.28. The summed E-state index contributed by atoms with van der Waals surface area (Å²) in [6.45, 7) is 0.543. The third-order valence-corrected chi connectivity index (χ3v) is 2.97. The van der Waals surface area contributed by atoms with E-state index in [0.717, 1.165) is 11.3 Å². The van der Waals surface area contributed by atoms with Gasteiger partial charge in [0.15, 0.2) is 0 Å². The highest BCUT2D eigenvalue weighted by molar-refractivity contribution is 5.94. The van der Waals surface area contributed by atoms with Crippen molar-refractivity contribution in [2.24, 2.45) is 0 Å². The van der Waals surface area contributed by atoms with Crippen LogP contribution in [0.2, 0.25) is 0 Å². The van der Waals surface area contributed by atoms with Crippen molar-refractivity contribution in [3.63, 3.8) is 0 Å². The number of nitriles is 1. The fourth-order valence-electron chi connectivity index (χ4n) is 1.90. The van der Waals surface area contributed by atoms with Crippen LogP contribution in [-0.4, -0.2) is 13.0 Å². The molecule has 2 aromatic carbocycles. The second-order valence-electron chi connectivity index (χ2n) is 4.28. The smallest absolute Gasteiger partial charge is 0.251 e. The number of hydrogen-bond donors (Lipinski definition) is 2. The molecule has 0 atom stereocenters. The molecule has 0 aliphatic carbocycles. The Kier molecular flexibility index (Phi) is 4.35. The summed E-state index contributed by atoms with van der Waals surface area (Å²) in [7, 11) is 1.60. The maximum atomic E-state index is 11.6. The van der Waals surface area contributed by atoms with Gasteiger partial charge >= 0.3 is 0 Å². The Morgan fingerprint density at radius 2 is 2.00 bits per heavy atom. The summed E-state index contributed by atoms with van der Waals surface area (Å²) in [6.07, 6.45) is 0. The minimum absolute atomic E-state index is 0.119. The lowest BCUT2D eigenvalue weighted by atomic mass is 10.1. The molecule has 0 aliphatic rings. The zero-order chi connectivity index (χ0) is 14.4. The first-order valence-electron chi connectivity index (χ1n) is 6.28. The van der Waals surface area contributed by atoms with Crippen molar-refractivity contribution in [1.29, 1.82) is 5.26 Å². The molecule has 100 valence electrons. The molecular formula is C16H15N3O. The highest BCUT2D eigenvalue weighted by atomic mass is 16.1. The van der Waals surface area contributed by atoms with Crippen molar-refractivity contribution in [3.8, 4) is 6.07 Å². The standard InChI is InChI=1S/C16H15N3O/c1-18-16(20)12-7-4-8-15(9-12)19-11-14-6-3-2-5-13(14)10-17/h2-9,19H,11H2,1H3,(H,18,20). The van der Waals surface area contributed by atoms with Gasteiger partial charge in [-0.25, -0.2) is 0 Å². The second kappa shape index (κ2) is 6.39. The van der Waals surface area contributed by atoms with Gasteiger partial charge in [-0.05, 0) is 29.8 Å². The lowest BCUT2D eigenvalue weighted by Gasteiger charge is -2.09. The Balaban J connectivity index is 2.11. The van der Waals surface area contributed by atoms with E-state index in [9.17, 15) is 4.79 Å². The summed E-state index contributed by atoms with van der Waals surface area (Å²) in [5.41, 5.74) is 3.03. The van der Waals surface area contributed by atoms with E-state index in [-0.39, 0.29) is 5.91 Å². The Morgan fingerprint density at radius 1 is 1.20 bits per heavy atom. The van der Waals surface area contributed by atoms with Crippen LogP contribution in [0.4, 0.5) is 5.69 Å². The Labute approximate surface area is 118 Å². The lowest BCUT2D eigenvalue weighted by molar-refractivity contribution is 0.0963. The van der Waals surface area contributed by atoms with Crippen molar-refractivity contribution < 1.29 is 4.79 Å². The molecule has 0 aromatic heterocycles. The minimum Gasteiger partial charge on any atom is -0.381 e. The van der Waals surface area contributed by atoms with Crippen molar-refractivity contribution in [2.45, 2.75) is 6.54 Å². The van der Waals surface area contributed by atoms with Crippen molar-refractivity contribution in [3.05, 3.63) is 65.2 Å². The van der Waals surface area contributed by atoms with E-state index in [0.29, 0.717) is 17.7 Å². The molecule has 0 aliphatic heterocycles. The highest BCUT2D eigenvalue weighted by Crippen LogP contribution is 2.14. The third-order valence-electron chi connectivity index (χ3n) is 2.97. The van der Waals surface area contributed by atoms with E-state index in [2.05, 4.69) is 16.7 Å². The van der Waals surface area contributed by atoms with Gasteiger partial charge in [0.1, 0.15) is 0 Å². The molecule has 4 heteroatoms. The summed E-state index contributed by atoms with van der Waals surface area (Å²) < 4.78 is 0. The number of nitrogens with one attached hydrogen (secondary N) is 2. The molecule has 0 radical (unpaired) electrons. The number of anilines is 1. The average molecular weight is 265 g/mol. The zero-order valence-electron chi connectivity index (χ0n) is 11.2. The number of nitrogens with zero attached hydrogens (tertiary/aromatic N) is 1. The molecule has 0 spiro atoms. The zero-order valence-corrected chi connectivity index (χ0v) is 11.2. The van der Waals surface area contributed by atoms with Crippen LogP contribution in [0, 0.1) is 11.3 Å². The SMILES string of the molecule is CNC(=O)c1cccc(NCc2ccccc2C#N)c1. The number of carbonyl (C=O) groups excluding carboxylic acids is 1. The van der Waals surface area contributed by atoms with Gasteiger partial charge in [-0.3, -0.25) is 4.79 Å². The molecule has 0 fully saturated rings. The summed E-state index contributed by atoms with van der Waals surface area (Å²) in [5.74, 6) is -0.119. The first-order chi connectivity index (χ1) is 9.74. The van der Waals surface area contributed by atoms with Crippen LogP contribution in [-0.2, 0) is 6.54 Å². The van der Waals surface area contributed by atoms with Crippen molar-refractivity contribution >= 4 is 11.6 Å². The highest BCUT2D eigenvalue weighted by Gasteiger charge is 2.04. The molecule has 0 saturated carbocycles. The number of rotatable bonds is 4. The Bertz CT molecular complexity index is 659. The van der Waals surface area contributed by atoms with Gasteiger partial charge in [-0.15, -0.1) is 0 Å². The first kappa shape index (κ1) is 13.6. The summed E-state index contributed by atoms with van der Waals surface area (Å²) >= 11 is 0. The maximum absolute atomic E-state index is 11.6. The Morgan fingerprint density at radius 3 is 2.75 bits per heavy atom. The molecule has 1 amide bonds. The molecule has 4 nitrogen and oxygen atoms in total. The van der Waals surface area contributed by atoms with Gasteiger partial charge in [0, 0.05) is 24.8 Å². The van der Waals surface area contributed by atoms with Gasteiger partial charge in [-0.2, -0.15) is 5.26 Å². The van der Waals surface area contributed by atoms with Gasteiger partial charge < -0.3 is 10.6 Å². The maximum Gasteiger partial charge on any atom is 0.251 e. The van der Waals surface area contributed by atoms with E-state index in [1.807, 2.05) is 30.3 Å². The van der Waals surface area contributed by atoms with Gasteiger partial charge in [-0.1, -0.05) is 24.3 Å². The molecule has 2 N–H and O–H groups in total. The van der Waals surface area contributed by atoms with Crippen LogP contribution < -0.4 is 10.6 Å². The van der Waals surface area contributed by atoms with Crippen LogP contribution >= 0.6 is 0 Å². The van der Waals surface area contributed by atoms with Gasteiger partial charge in [0.25, 0.3) is 5.91 Å². The normalized spacial score (nSPS) is 9.60. The molecule has 0 saturated heterocycles. The number of carbonyl (C=O) groups is 1. The molecule has 20 heavy (non-hydrogen) atoms. The van der Waals surface area contributed by atoms with Crippen LogP contribution in [0.15, 0.2) is 48.5 Å². The molecule has 0 bridgehead atoms. The van der Waals surface area contributed by atoms with Crippen LogP contribution in [0.5, 0.6) is 0 Å². The fraction of sp³-hybridized carbons (Fsp3) is 0.125. The van der Waals surface area contributed by atoms with Crippen LogP contribution in [0.3, 0.4) is 0 Å². The fourth-order valence-corrected chi connectivity index (χ4v) is 1.90. The summed E-state index contributed by atoms with van der Waals surface area (Å²) in [6, 6.07) is 16.9. The summed E-state index contributed by atoms with van der Waals surface area (Å²) in [5, 5.41) is 14.8. The number of hydrogen-bond acceptors (Lipinski definition) is 3. The molecule has 2 rings (SSSR count). The third kappa shape index (κ3) is 3.15. The van der Waals surface area contributed by atoms with Crippen LogP contribution in [0.25, 0.3) is 0 Å². The van der Waals surface area contributed by atoms with E-state index in [1.54, 1.807) is 25.2 Å². The minimum atomic E-state index is -0.119. The first-order valence-corrected chi connectivity index (χ1v) is 6.28. The number of benzene rings is 2. The monoisotopic (exact) mass is 265 g/mol. The predicted molar refractivity (Wildman–Crippen MR) is 78.3 cm³/mol. The average Bonchev–Trinajstić information content (AvgIpc) is 2.52. The quantitative estimate of drug-likeness (QED) is 0.892. The van der Waals surface area contributed by atoms with E-state index in [1.165, 1.54) is 0 Å². The lowest BCUT2D eigenvalue weighted by Crippen LogP contribution is -2.17. The van der Waals surface area contributed by atoms with E-state index < -0.39 is 0 Å². The molecule has 0 unspecified atom stereocenters. The topological polar surface area (TPSA) is 64.9 Å². The van der Waals surface area contributed by atoms with Gasteiger partial charge in [0.05, 0.1) is 11.6 Å². The molecule has 0 heterocycles. The molecule has 2 aromatic rings. The number of amides is 1. The van der Waals surface area contributed by atoms with Gasteiger partial charge in [0.2, 0.25) is 0 Å².